The summed E-state index contributed by atoms with van der Waals surface area (Å²) in [5.41, 5.74) is -0.311. The lowest BCUT2D eigenvalue weighted by molar-refractivity contribution is 0.190. The minimum Gasteiger partial charge on any atom is -0.478 e. The van der Waals surface area contributed by atoms with E-state index in [4.69, 9.17) is 9.16 Å². The lowest BCUT2D eigenvalue weighted by Gasteiger charge is -2.38. The maximum Gasteiger partial charge on any atom is 0.192 e. The number of hydrogen-bond acceptors (Lipinski definition) is 3. The van der Waals surface area contributed by atoms with Crippen molar-refractivity contribution in [1.82, 2.24) is 0 Å². The molecule has 0 aromatic carbocycles. The molecular weight excluding hydrogens is 242 g/mol. The molecule has 0 N–H and O–H groups in total. The molecule has 0 aromatic rings. The largest absolute Gasteiger partial charge is 0.478 e. The Morgan fingerprint density at radius 1 is 1.44 bits per heavy atom. The van der Waals surface area contributed by atoms with Crippen LogP contribution in [0.4, 0.5) is 0 Å². The molecule has 1 aliphatic rings. The number of rotatable bonds is 4. The van der Waals surface area contributed by atoms with Crippen molar-refractivity contribution in [2.45, 2.75) is 58.3 Å². The van der Waals surface area contributed by atoms with Crippen LogP contribution in [-0.2, 0) is 9.16 Å². The molecule has 0 fully saturated rings. The van der Waals surface area contributed by atoms with Gasteiger partial charge in [0, 0.05) is 6.92 Å². The van der Waals surface area contributed by atoms with Crippen LogP contribution >= 0.6 is 0 Å². The standard InChI is InChI=1S/C14H27NO2Si/c1-8-9-14(10-16-12(2)15-14)11-17-18(6,7)13(3,4)5/h8-9H,10-11H2,1-7H3/b9-8+. The van der Waals surface area contributed by atoms with Crippen molar-refractivity contribution >= 4 is 14.2 Å². The lowest BCUT2D eigenvalue weighted by Crippen LogP contribution is -2.45. The Bertz CT molecular complexity index is 355. The smallest absolute Gasteiger partial charge is 0.192 e. The van der Waals surface area contributed by atoms with Crippen molar-refractivity contribution in [2.75, 3.05) is 13.2 Å². The maximum absolute atomic E-state index is 6.28. The zero-order valence-electron chi connectivity index (χ0n) is 12.8. The summed E-state index contributed by atoms with van der Waals surface area (Å²) < 4.78 is 11.8. The third kappa shape index (κ3) is 3.45. The van der Waals surface area contributed by atoms with Gasteiger partial charge in [0.05, 0.1) is 6.61 Å². The van der Waals surface area contributed by atoms with E-state index in [-0.39, 0.29) is 10.6 Å². The van der Waals surface area contributed by atoms with E-state index < -0.39 is 8.32 Å². The molecule has 0 bridgehead atoms. The predicted molar refractivity (Wildman–Crippen MR) is 79.8 cm³/mol. The minimum atomic E-state index is -1.73. The molecule has 0 saturated carbocycles. The Kier molecular flexibility index (Phi) is 4.44. The molecule has 1 aliphatic heterocycles. The van der Waals surface area contributed by atoms with E-state index in [1.807, 2.05) is 19.9 Å². The van der Waals surface area contributed by atoms with Gasteiger partial charge >= 0.3 is 0 Å². The second-order valence-corrected chi connectivity index (χ2v) is 11.4. The highest BCUT2D eigenvalue weighted by Gasteiger charge is 2.41. The number of nitrogens with zero attached hydrogens (tertiary/aromatic N) is 1. The summed E-state index contributed by atoms with van der Waals surface area (Å²) in [7, 11) is -1.73. The molecule has 1 rings (SSSR count). The van der Waals surface area contributed by atoms with Gasteiger partial charge in [-0.05, 0) is 25.1 Å². The van der Waals surface area contributed by atoms with Gasteiger partial charge in [-0.2, -0.15) is 0 Å². The molecule has 3 nitrogen and oxygen atoms in total. The summed E-state index contributed by atoms with van der Waals surface area (Å²) in [6, 6.07) is 0. The van der Waals surface area contributed by atoms with Crippen LogP contribution in [0.1, 0.15) is 34.6 Å². The van der Waals surface area contributed by atoms with Crippen LogP contribution in [0.2, 0.25) is 18.1 Å². The number of ether oxygens (including phenoxy) is 1. The summed E-state index contributed by atoms with van der Waals surface area (Å²) in [6.45, 7) is 16.4. The first-order valence-electron chi connectivity index (χ1n) is 6.59. The van der Waals surface area contributed by atoms with Gasteiger partial charge in [0.1, 0.15) is 12.1 Å². The van der Waals surface area contributed by atoms with E-state index in [1.165, 1.54) is 0 Å². The normalized spacial score (nSPS) is 25.4. The van der Waals surface area contributed by atoms with Crippen molar-refractivity contribution < 1.29 is 9.16 Å². The third-order valence-corrected chi connectivity index (χ3v) is 8.36. The van der Waals surface area contributed by atoms with Gasteiger partial charge in [-0.15, -0.1) is 0 Å². The zero-order chi connectivity index (χ0) is 14.0. The zero-order valence-corrected chi connectivity index (χ0v) is 13.8. The Morgan fingerprint density at radius 2 is 2.06 bits per heavy atom. The summed E-state index contributed by atoms with van der Waals surface area (Å²) in [5.74, 6) is 0.756. The average molecular weight is 269 g/mol. The second kappa shape index (κ2) is 5.17. The topological polar surface area (TPSA) is 30.8 Å². The minimum absolute atomic E-state index is 0.225. The van der Waals surface area contributed by atoms with Crippen molar-refractivity contribution in [1.29, 1.82) is 0 Å². The lowest BCUT2D eigenvalue weighted by atomic mass is 10.0. The monoisotopic (exact) mass is 269 g/mol. The highest BCUT2D eigenvalue weighted by atomic mass is 28.4. The summed E-state index contributed by atoms with van der Waals surface area (Å²) >= 11 is 0. The molecule has 0 saturated heterocycles. The van der Waals surface area contributed by atoms with Crippen LogP contribution < -0.4 is 0 Å². The fourth-order valence-corrected chi connectivity index (χ4v) is 2.69. The van der Waals surface area contributed by atoms with E-state index >= 15 is 0 Å². The van der Waals surface area contributed by atoms with Gasteiger partial charge in [-0.3, -0.25) is 0 Å². The molecule has 1 unspecified atom stereocenters. The Hall–Kier alpha value is -0.613. The molecule has 0 radical (unpaired) electrons. The molecule has 104 valence electrons. The van der Waals surface area contributed by atoms with Crippen LogP contribution in [0, 0.1) is 0 Å². The molecule has 1 atom stereocenters. The summed E-state index contributed by atoms with van der Waals surface area (Å²) in [5, 5.41) is 0.225. The van der Waals surface area contributed by atoms with Gasteiger partial charge in [0.25, 0.3) is 0 Å². The van der Waals surface area contributed by atoms with Crippen LogP contribution in [0.25, 0.3) is 0 Å². The fraction of sp³-hybridized carbons (Fsp3) is 0.786. The third-order valence-electron chi connectivity index (χ3n) is 3.88. The van der Waals surface area contributed by atoms with Crippen molar-refractivity contribution in [2.24, 2.45) is 4.99 Å². The highest BCUT2D eigenvalue weighted by Crippen LogP contribution is 2.37. The Labute approximate surface area is 112 Å². The molecular formula is C14H27NO2Si. The number of hydrogen-bond donors (Lipinski definition) is 0. The van der Waals surface area contributed by atoms with Crippen molar-refractivity contribution in [3.8, 4) is 0 Å². The van der Waals surface area contributed by atoms with E-state index in [9.17, 15) is 0 Å². The van der Waals surface area contributed by atoms with E-state index in [1.54, 1.807) is 0 Å². The Balaban J connectivity index is 2.77. The fourth-order valence-electron chi connectivity index (χ4n) is 1.65. The molecule has 4 heteroatoms. The van der Waals surface area contributed by atoms with E-state index in [2.05, 4.69) is 44.9 Å². The molecule has 0 spiro atoms. The quantitative estimate of drug-likeness (QED) is 0.574. The van der Waals surface area contributed by atoms with Crippen molar-refractivity contribution in [3.05, 3.63) is 12.2 Å². The summed E-state index contributed by atoms with van der Waals surface area (Å²) in [6.07, 6.45) is 4.12. The van der Waals surface area contributed by atoms with Crippen LogP contribution in [0.15, 0.2) is 17.1 Å². The van der Waals surface area contributed by atoms with Gasteiger partial charge < -0.3 is 9.16 Å². The van der Waals surface area contributed by atoms with Gasteiger partial charge in [-0.1, -0.05) is 32.9 Å². The highest BCUT2D eigenvalue weighted by molar-refractivity contribution is 6.74. The predicted octanol–water partition coefficient (Wildman–Crippen LogP) is 3.77. The molecule has 0 amide bonds. The number of aliphatic imine (C=N–C) groups is 1. The van der Waals surface area contributed by atoms with Crippen molar-refractivity contribution in [3.63, 3.8) is 0 Å². The number of allylic oxidation sites excluding steroid dienone is 1. The Morgan fingerprint density at radius 3 is 2.44 bits per heavy atom. The molecule has 0 aliphatic carbocycles. The van der Waals surface area contributed by atoms with Crippen LogP contribution in [0.3, 0.4) is 0 Å². The van der Waals surface area contributed by atoms with Crippen LogP contribution in [0.5, 0.6) is 0 Å². The van der Waals surface area contributed by atoms with Gasteiger partial charge in [0.2, 0.25) is 0 Å². The molecule has 0 aromatic heterocycles. The van der Waals surface area contributed by atoms with E-state index in [0.29, 0.717) is 13.2 Å². The first-order valence-corrected chi connectivity index (χ1v) is 9.50. The first kappa shape index (κ1) is 15.4. The average Bonchev–Trinajstić information content (AvgIpc) is 2.57. The SMILES string of the molecule is C/C=C/C1(CO[Si](C)(C)C(C)(C)C)COC(C)=N1. The van der Waals surface area contributed by atoms with Gasteiger partial charge in [-0.25, -0.2) is 4.99 Å². The molecule has 18 heavy (non-hydrogen) atoms. The maximum atomic E-state index is 6.28. The molecule has 1 heterocycles. The summed E-state index contributed by atoms with van der Waals surface area (Å²) in [4.78, 5) is 4.60. The van der Waals surface area contributed by atoms with E-state index in [0.717, 1.165) is 5.90 Å². The van der Waals surface area contributed by atoms with Crippen LogP contribution in [-0.4, -0.2) is 33.0 Å². The van der Waals surface area contributed by atoms with Gasteiger partial charge in [0.15, 0.2) is 14.2 Å². The second-order valence-electron chi connectivity index (χ2n) is 6.57. The first-order chi connectivity index (χ1) is 8.12.